The van der Waals surface area contributed by atoms with Gasteiger partial charge in [-0.25, -0.2) is 4.39 Å². The van der Waals surface area contributed by atoms with Gasteiger partial charge < -0.3 is 24.6 Å². The predicted molar refractivity (Wildman–Crippen MR) is 181 cm³/mol. The van der Waals surface area contributed by atoms with Crippen LogP contribution in [-0.2, 0) is 24.2 Å². The van der Waals surface area contributed by atoms with Gasteiger partial charge in [0.1, 0.15) is 11.9 Å². The molecule has 3 aromatic rings. The molecule has 0 heterocycles. The number of aromatic hydroxyl groups is 1. The van der Waals surface area contributed by atoms with Gasteiger partial charge in [-0.3, -0.25) is 4.79 Å². The monoisotopic (exact) mass is 643 g/mol. The molecule has 3 aliphatic carbocycles. The lowest BCUT2D eigenvalue weighted by atomic mass is 9.51. The lowest BCUT2D eigenvalue weighted by Gasteiger charge is -2.54. The Hall–Kier alpha value is -3.58. The van der Waals surface area contributed by atoms with Crippen LogP contribution < -0.4 is 9.47 Å². The summed E-state index contributed by atoms with van der Waals surface area (Å²) in [6.07, 6.45) is 5.61. The van der Waals surface area contributed by atoms with E-state index in [2.05, 4.69) is 19.1 Å². The van der Waals surface area contributed by atoms with Crippen molar-refractivity contribution in [2.75, 3.05) is 20.8 Å². The van der Waals surface area contributed by atoms with Crippen LogP contribution in [0.3, 0.4) is 0 Å². The zero-order chi connectivity index (χ0) is 33.1. The van der Waals surface area contributed by atoms with Crippen molar-refractivity contribution in [3.63, 3.8) is 0 Å². The molecule has 0 spiro atoms. The van der Waals surface area contributed by atoms with E-state index < -0.39 is 12.3 Å². The molecule has 0 radical (unpaired) electrons. The maximum atomic E-state index is 16.1. The van der Waals surface area contributed by atoms with Crippen LogP contribution in [0.4, 0.5) is 4.39 Å². The number of carbonyl (C=O) groups excluding carboxylic acids is 1. The Balaban J connectivity index is 1.12. The van der Waals surface area contributed by atoms with Gasteiger partial charge in [-0.15, -0.1) is 0 Å². The number of ether oxygens (including phenoxy) is 2. The number of hydrogen-bond donors (Lipinski definition) is 2. The van der Waals surface area contributed by atoms with Crippen molar-refractivity contribution in [2.45, 2.75) is 89.4 Å². The third kappa shape index (κ3) is 6.87. The molecule has 47 heavy (non-hydrogen) atoms. The van der Waals surface area contributed by atoms with E-state index in [0.29, 0.717) is 42.8 Å². The Morgan fingerprint density at radius 1 is 0.957 bits per heavy atom. The summed E-state index contributed by atoms with van der Waals surface area (Å²) in [5, 5.41) is 21.2. The number of benzene rings is 3. The molecule has 3 aromatic carbocycles. The fourth-order valence-electron chi connectivity index (χ4n) is 9.29. The van der Waals surface area contributed by atoms with Crippen LogP contribution in [0.5, 0.6) is 17.2 Å². The molecular weight excluding hydrogens is 593 g/mol. The van der Waals surface area contributed by atoms with Gasteiger partial charge in [0.05, 0.1) is 26.7 Å². The number of phenols is 1. The highest BCUT2D eigenvalue weighted by atomic mass is 19.1. The van der Waals surface area contributed by atoms with Crippen LogP contribution in [0, 0.1) is 23.2 Å². The molecule has 2 saturated carbocycles. The normalized spacial score (nSPS) is 27.8. The van der Waals surface area contributed by atoms with E-state index in [1.54, 1.807) is 20.3 Å². The molecule has 1 amide bonds. The molecule has 252 valence electrons. The quantitative estimate of drug-likeness (QED) is 0.199. The van der Waals surface area contributed by atoms with E-state index in [9.17, 15) is 15.0 Å². The van der Waals surface area contributed by atoms with Gasteiger partial charge in [0, 0.05) is 19.0 Å². The maximum Gasteiger partial charge on any atom is 0.227 e. The molecule has 7 atom stereocenters. The Morgan fingerprint density at radius 3 is 2.51 bits per heavy atom. The first kappa shape index (κ1) is 33.3. The van der Waals surface area contributed by atoms with Crippen LogP contribution in [0.1, 0.15) is 80.0 Å². The van der Waals surface area contributed by atoms with E-state index in [1.165, 1.54) is 0 Å². The molecule has 0 aliphatic heterocycles. The predicted octanol–water partition coefficient (Wildman–Crippen LogP) is 7.63. The highest BCUT2D eigenvalue weighted by Gasteiger charge is 2.59. The highest BCUT2D eigenvalue weighted by Crippen LogP contribution is 2.63. The Bertz CT molecular complexity index is 1530. The fraction of sp³-hybridized carbons (Fsp3) is 0.525. The standard InChI is InChI=1S/C40H50FNO5/c1-40-24-33(41)39-31-15-14-30(43)23-29(31)22-28(38(39)32(40)16-18-36(40)44)12-8-5-9-19-42(25-26-10-6-4-7-11-26)37(45)21-27-13-17-34(46-2)35(20-27)47-3/h4,6-7,10-11,13-15,17,20,23,28,32-33,36,38-39,43-44H,5,8-9,12,16,18-19,21-22,24-25H2,1-3H3/t28?,32?,33?,36?,38?,39?,40-/m0/s1. The maximum absolute atomic E-state index is 16.1. The second-order valence-electron chi connectivity index (χ2n) is 14.4. The number of hydrogen-bond acceptors (Lipinski definition) is 5. The Morgan fingerprint density at radius 2 is 1.74 bits per heavy atom. The molecule has 0 bridgehead atoms. The van der Waals surface area contributed by atoms with Crippen LogP contribution in [0.2, 0.25) is 0 Å². The van der Waals surface area contributed by atoms with Crippen molar-refractivity contribution in [1.82, 2.24) is 4.90 Å². The van der Waals surface area contributed by atoms with Crippen LogP contribution >= 0.6 is 0 Å². The number of phenolic OH excluding ortho intramolecular Hbond substituents is 1. The van der Waals surface area contributed by atoms with E-state index in [0.717, 1.165) is 67.2 Å². The smallest absolute Gasteiger partial charge is 0.227 e. The number of methoxy groups -OCH3 is 2. The van der Waals surface area contributed by atoms with Crippen LogP contribution in [-0.4, -0.2) is 54.1 Å². The van der Waals surface area contributed by atoms with Gasteiger partial charge >= 0.3 is 0 Å². The average molecular weight is 644 g/mol. The summed E-state index contributed by atoms with van der Waals surface area (Å²) in [7, 11) is 3.20. The van der Waals surface area contributed by atoms with Crippen molar-refractivity contribution >= 4 is 5.91 Å². The van der Waals surface area contributed by atoms with Gasteiger partial charge in [-0.1, -0.05) is 62.2 Å². The topological polar surface area (TPSA) is 79.2 Å². The molecular formula is C40H50FNO5. The minimum Gasteiger partial charge on any atom is -0.508 e. The zero-order valence-corrected chi connectivity index (χ0v) is 28.0. The van der Waals surface area contributed by atoms with E-state index >= 15 is 4.39 Å². The fourth-order valence-corrected chi connectivity index (χ4v) is 9.29. The first-order valence-corrected chi connectivity index (χ1v) is 17.4. The third-order valence-electron chi connectivity index (χ3n) is 11.7. The minimum atomic E-state index is -0.997. The molecule has 0 saturated heterocycles. The number of fused-ring (bicyclic) bond motifs is 5. The number of aliphatic hydroxyl groups excluding tert-OH is 1. The highest BCUT2D eigenvalue weighted by molar-refractivity contribution is 5.79. The third-order valence-corrected chi connectivity index (χ3v) is 11.7. The molecule has 3 aliphatic rings. The number of unbranched alkanes of at least 4 members (excludes halogenated alkanes) is 2. The van der Waals surface area contributed by atoms with Gasteiger partial charge in [0.2, 0.25) is 5.91 Å². The molecule has 0 aromatic heterocycles. The first-order chi connectivity index (χ1) is 22.7. The minimum absolute atomic E-state index is 0.0721. The summed E-state index contributed by atoms with van der Waals surface area (Å²) in [6.45, 7) is 3.33. The number of halogens is 1. The molecule has 7 heteroatoms. The zero-order valence-electron chi connectivity index (χ0n) is 28.0. The second-order valence-corrected chi connectivity index (χ2v) is 14.4. The average Bonchev–Trinajstić information content (AvgIpc) is 3.36. The van der Waals surface area contributed by atoms with Crippen LogP contribution in [0.25, 0.3) is 0 Å². The van der Waals surface area contributed by atoms with E-state index in [-0.39, 0.29) is 35.3 Å². The van der Waals surface area contributed by atoms with Gasteiger partial charge in [-0.05, 0) is 108 Å². The van der Waals surface area contributed by atoms with Crippen molar-refractivity contribution < 1.29 is 28.9 Å². The summed E-state index contributed by atoms with van der Waals surface area (Å²) in [5.41, 5.74) is 3.74. The van der Waals surface area contributed by atoms with Gasteiger partial charge in [0.15, 0.2) is 11.5 Å². The van der Waals surface area contributed by atoms with Crippen molar-refractivity contribution in [2.24, 2.45) is 23.2 Å². The second kappa shape index (κ2) is 14.3. The molecule has 6 nitrogen and oxygen atoms in total. The van der Waals surface area contributed by atoms with Gasteiger partial charge in [0.25, 0.3) is 0 Å². The summed E-state index contributed by atoms with van der Waals surface area (Å²) < 4.78 is 27.0. The largest absolute Gasteiger partial charge is 0.508 e. The number of amides is 1. The van der Waals surface area contributed by atoms with E-state index in [1.807, 2.05) is 53.4 Å². The molecule has 2 fully saturated rings. The molecule has 2 N–H and O–H groups in total. The van der Waals surface area contributed by atoms with E-state index in [4.69, 9.17) is 9.47 Å². The molecule has 6 rings (SSSR count). The SMILES string of the molecule is COc1ccc(CC(=O)N(CCCCCC2Cc3cc(O)ccc3C3C(F)C[C@]4(C)C(O)CCC4C23)Cc2ccccc2)cc1OC. The summed E-state index contributed by atoms with van der Waals surface area (Å²) in [6, 6.07) is 21.2. The number of carbonyl (C=O) groups is 1. The lowest BCUT2D eigenvalue weighted by Crippen LogP contribution is -2.51. The molecule has 6 unspecified atom stereocenters. The van der Waals surface area contributed by atoms with Crippen LogP contribution in [0.15, 0.2) is 66.7 Å². The number of alkyl halides is 1. The number of rotatable bonds is 12. The van der Waals surface area contributed by atoms with Gasteiger partial charge in [-0.2, -0.15) is 0 Å². The van der Waals surface area contributed by atoms with Crippen molar-refractivity contribution in [3.8, 4) is 17.2 Å². The van der Waals surface area contributed by atoms with Crippen molar-refractivity contribution in [3.05, 3.63) is 89.0 Å². The summed E-state index contributed by atoms with van der Waals surface area (Å²) in [5.74, 6) is 2.18. The van der Waals surface area contributed by atoms with Crippen molar-refractivity contribution in [1.29, 1.82) is 0 Å². The number of nitrogens with zero attached hydrogens (tertiary/aromatic N) is 1. The number of aliphatic hydroxyl groups is 1. The lowest BCUT2D eigenvalue weighted by molar-refractivity contribution is -0.131. The Kier molecular flexibility index (Phi) is 10.1. The first-order valence-electron chi connectivity index (χ1n) is 17.4. The summed E-state index contributed by atoms with van der Waals surface area (Å²) in [4.78, 5) is 15.6. The summed E-state index contributed by atoms with van der Waals surface area (Å²) >= 11 is 0. The Labute approximate surface area is 278 Å².